The molecule has 0 unspecified atom stereocenters. The van der Waals surface area contributed by atoms with E-state index < -0.39 is 23.7 Å². The number of benzene rings is 2. The number of amides is 4. The van der Waals surface area contributed by atoms with Crippen LogP contribution in [0.3, 0.4) is 0 Å². The van der Waals surface area contributed by atoms with Gasteiger partial charge in [0.1, 0.15) is 11.4 Å². The van der Waals surface area contributed by atoms with Gasteiger partial charge in [0.05, 0.1) is 5.69 Å². The van der Waals surface area contributed by atoms with E-state index in [1.807, 2.05) is 33.8 Å². The molecule has 7 heteroatoms. The zero-order valence-electron chi connectivity index (χ0n) is 18.2. The van der Waals surface area contributed by atoms with Crippen molar-refractivity contribution in [3.05, 3.63) is 88.0 Å². The van der Waals surface area contributed by atoms with E-state index in [9.17, 15) is 18.8 Å². The number of carbonyl (C=O) groups is 3. The molecule has 4 amide bonds. The Kier molecular flexibility index (Phi) is 5.26. The van der Waals surface area contributed by atoms with Crippen LogP contribution < -0.4 is 10.2 Å². The van der Waals surface area contributed by atoms with E-state index in [1.165, 1.54) is 18.2 Å². The summed E-state index contributed by atoms with van der Waals surface area (Å²) in [4.78, 5) is 38.7. The SMILES string of the molecule is Cc1cc(C)cc(-n2c(C)cc(/C=C3/C(=O)NC(=O)N(c4ccc(F)cc4)C3=O)c2C)c1. The lowest BCUT2D eigenvalue weighted by molar-refractivity contribution is -0.122. The Morgan fingerprint density at radius 1 is 0.844 bits per heavy atom. The maximum atomic E-state index is 13.3. The summed E-state index contributed by atoms with van der Waals surface area (Å²) < 4.78 is 15.3. The van der Waals surface area contributed by atoms with Gasteiger partial charge in [0.25, 0.3) is 11.8 Å². The molecule has 1 saturated heterocycles. The molecule has 0 radical (unpaired) electrons. The van der Waals surface area contributed by atoms with Crippen LogP contribution in [0.2, 0.25) is 0 Å². The number of hydrogen-bond acceptors (Lipinski definition) is 3. The fraction of sp³-hybridized carbons (Fsp3) is 0.160. The number of anilines is 1. The van der Waals surface area contributed by atoms with Crippen molar-refractivity contribution in [2.45, 2.75) is 27.7 Å². The Morgan fingerprint density at radius 2 is 1.47 bits per heavy atom. The lowest BCUT2D eigenvalue weighted by atomic mass is 10.1. The van der Waals surface area contributed by atoms with Crippen LogP contribution in [0.4, 0.5) is 14.9 Å². The molecule has 32 heavy (non-hydrogen) atoms. The highest BCUT2D eigenvalue weighted by Crippen LogP contribution is 2.27. The minimum Gasteiger partial charge on any atom is -0.318 e. The average molecular weight is 431 g/mol. The fourth-order valence-electron chi connectivity index (χ4n) is 4.05. The Bertz CT molecular complexity index is 1280. The molecule has 2 heterocycles. The van der Waals surface area contributed by atoms with Crippen LogP contribution in [0.5, 0.6) is 0 Å². The third-order valence-corrected chi connectivity index (χ3v) is 5.42. The Balaban J connectivity index is 1.77. The van der Waals surface area contributed by atoms with E-state index in [0.29, 0.717) is 5.56 Å². The molecule has 0 atom stereocenters. The third kappa shape index (κ3) is 3.73. The molecule has 2 aromatic carbocycles. The first-order valence-electron chi connectivity index (χ1n) is 10.1. The predicted molar refractivity (Wildman–Crippen MR) is 120 cm³/mol. The van der Waals surface area contributed by atoms with Gasteiger partial charge in [-0.2, -0.15) is 0 Å². The quantitative estimate of drug-likeness (QED) is 0.490. The van der Waals surface area contributed by atoms with Crippen LogP contribution in [0.15, 0.2) is 54.1 Å². The maximum absolute atomic E-state index is 13.3. The normalized spacial score (nSPS) is 15.5. The molecule has 0 saturated carbocycles. The van der Waals surface area contributed by atoms with Crippen molar-refractivity contribution < 1.29 is 18.8 Å². The van der Waals surface area contributed by atoms with E-state index in [1.54, 1.807) is 0 Å². The lowest BCUT2D eigenvalue weighted by Gasteiger charge is -2.26. The Labute approximate surface area is 185 Å². The van der Waals surface area contributed by atoms with Gasteiger partial charge in [-0.1, -0.05) is 6.07 Å². The van der Waals surface area contributed by atoms with Crippen molar-refractivity contribution in [1.82, 2.24) is 9.88 Å². The van der Waals surface area contributed by atoms with Gasteiger partial charge >= 0.3 is 6.03 Å². The zero-order chi connectivity index (χ0) is 23.2. The number of halogens is 1. The topological polar surface area (TPSA) is 71.4 Å². The summed E-state index contributed by atoms with van der Waals surface area (Å²) >= 11 is 0. The van der Waals surface area contributed by atoms with E-state index in [4.69, 9.17) is 0 Å². The second kappa shape index (κ2) is 7.92. The van der Waals surface area contributed by atoms with Crippen LogP contribution in [-0.2, 0) is 9.59 Å². The summed E-state index contributed by atoms with van der Waals surface area (Å²) in [6.45, 7) is 7.91. The molecule has 0 spiro atoms. The molecule has 1 fully saturated rings. The number of hydrogen-bond donors (Lipinski definition) is 1. The third-order valence-electron chi connectivity index (χ3n) is 5.42. The van der Waals surface area contributed by atoms with Crippen LogP contribution in [0.25, 0.3) is 11.8 Å². The summed E-state index contributed by atoms with van der Waals surface area (Å²) in [7, 11) is 0. The molecule has 1 aromatic heterocycles. The second-order valence-corrected chi connectivity index (χ2v) is 7.94. The number of nitrogens with one attached hydrogen (secondary N) is 1. The van der Waals surface area contributed by atoms with Crippen molar-refractivity contribution in [3.8, 4) is 5.69 Å². The summed E-state index contributed by atoms with van der Waals surface area (Å²) in [5.74, 6) is -2.03. The molecule has 3 aromatic rings. The smallest absolute Gasteiger partial charge is 0.318 e. The van der Waals surface area contributed by atoms with Gasteiger partial charge in [-0.05, 0) is 92.9 Å². The molecule has 0 bridgehead atoms. The second-order valence-electron chi connectivity index (χ2n) is 7.94. The van der Waals surface area contributed by atoms with E-state index in [2.05, 4.69) is 28.1 Å². The van der Waals surface area contributed by atoms with Gasteiger partial charge < -0.3 is 4.57 Å². The standard InChI is InChI=1S/C25H22FN3O3/c1-14-9-15(2)11-21(10-14)28-16(3)12-18(17(28)4)13-22-23(30)27-25(32)29(24(22)31)20-7-5-19(26)6-8-20/h5-13H,1-4H3,(H,27,30,32)/b22-13-. The minimum atomic E-state index is -0.871. The summed E-state index contributed by atoms with van der Waals surface area (Å²) in [6.07, 6.45) is 1.49. The molecule has 1 aliphatic rings. The number of imide groups is 2. The van der Waals surface area contributed by atoms with Crippen molar-refractivity contribution in [2.24, 2.45) is 0 Å². The van der Waals surface area contributed by atoms with Gasteiger partial charge in [-0.25, -0.2) is 14.1 Å². The van der Waals surface area contributed by atoms with Crippen molar-refractivity contribution in [2.75, 3.05) is 4.90 Å². The number of barbiturate groups is 1. The van der Waals surface area contributed by atoms with Crippen molar-refractivity contribution >= 4 is 29.6 Å². The summed E-state index contributed by atoms with van der Waals surface area (Å²) in [5.41, 5.74) is 5.73. The lowest BCUT2D eigenvalue weighted by Crippen LogP contribution is -2.54. The molecule has 0 aliphatic carbocycles. The molecule has 6 nitrogen and oxygen atoms in total. The summed E-state index contributed by atoms with van der Waals surface area (Å²) in [6, 6.07) is 12.2. The van der Waals surface area contributed by atoms with Gasteiger partial charge in [0.2, 0.25) is 0 Å². The Hall–Kier alpha value is -4.00. The molecule has 162 valence electrons. The number of urea groups is 1. The number of nitrogens with zero attached hydrogens (tertiary/aromatic N) is 2. The largest absolute Gasteiger partial charge is 0.335 e. The van der Waals surface area contributed by atoms with Crippen molar-refractivity contribution in [1.29, 1.82) is 0 Å². The van der Waals surface area contributed by atoms with Crippen LogP contribution in [-0.4, -0.2) is 22.4 Å². The van der Waals surface area contributed by atoms with Gasteiger partial charge in [0.15, 0.2) is 0 Å². The Morgan fingerprint density at radius 3 is 2.09 bits per heavy atom. The zero-order valence-corrected chi connectivity index (χ0v) is 18.2. The molecular weight excluding hydrogens is 409 g/mol. The number of rotatable bonds is 3. The minimum absolute atomic E-state index is 0.172. The summed E-state index contributed by atoms with van der Waals surface area (Å²) in [5, 5.41) is 2.19. The first-order chi connectivity index (χ1) is 15.2. The number of aromatic nitrogens is 1. The monoisotopic (exact) mass is 431 g/mol. The van der Waals surface area contributed by atoms with E-state index >= 15 is 0 Å². The molecule has 1 aliphatic heterocycles. The van der Waals surface area contributed by atoms with Gasteiger partial charge in [0, 0.05) is 17.1 Å². The average Bonchev–Trinajstić information content (AvgIpc) is 2.98. The first-order valence-corrected chi connectivity index (χ1v) is 10.1. The van der Waals surface area contributed by atoms with Gasteiger partial charge in [-0.15, -0.1) is 0 Å². The molecular formula is C25H22FN3O3. The van der Waals surface area contributed by atoms with Crippen LogP contribution in [0, 0.1) is 33.5 Å². The predicted octanol–water partition coefficient (Wildman–Crippen LogP) is 4.52. The molecule has 4 rings (SSSR count). The first kappa shape index (κ1) is 21.2. The van der Waals surface area contributed by atoms with E-state index in [0.717, 1.165) is 45.2 Å². The highest BCUT2D eigenvalue weighted by molar-refractivity contribution is 6.39. The number of carbonyl (C=O) groups excluding carboxylic acids is 3. The van der Waals surface area contributed by atoms with Crippen LogP contribution >= 0.6 is 0 Å². The fourth-order valence-corrected chi connectivity index (χ4v) is 4.05. The van der Waals surface area contributed by atoms with Gasteiger partial charge in [-0.3, -0.25) is 14.9 Å². The van der Waals surface area contributed by atoms with E-state index in [-0.39, 0.29) is 11.3 Å². The maximum Gasteiger partial charge on any atom is 0.335 e. The molecule has 1 N–H and O–H groups in total. The highest BCUT2D eigenvalue weighted by Gasteiger charge is 2.37. The van der Waals surface area contributed by atoms with Crippen LogP contribution in [0.1, 0.15) is 28.1 Å². The highest BCUT2D eigenvalue weighted by atomic mass is 19.1. The van der Waals surface area contributed by atoms with Crippen molar-refractivity contribution in [3.63, 3.8) is 0 Å². The number of aryl methyl sites for hydroxylation is 3.